The molecule has 1 fully saturated rings. The average Bonchev–Trinajstić information content (AvgIpc) is 2.86. The minimum absolute atomic E-state index is 0. The van der Waals surface area contributed by atoms with Gasteiger partial charge in [0.1, 0.15) is 11.9 Å². The maximum atomic E-state index is 6.02. The second-order valence-corrected chi connectivity index (χ2v) is 7.34. The highest BCUT2D eigenvalue weighted by molar-refractivity contribution is 14.0. The fraction of sp³-hybridized carbons (Fsp3) is 0.667. The first kappa shape index (κ1) is 25.0. The van der Waals surface area contributed by atoms with E-state index in [9.17, 15) is 0 Å². The van der Waals surface area contributed by atoms with E-state index in [1.165, 1.54) is 19.5 Å². The molecule has 0 bridgehead atoms. The van der Waals surface area contributed by atoms with Crippen molar-refractivity contribution in [2.24, 2.45) is 4.99 Å². The van der Waals surface area contributed by atoms with Gasteiger partial charge in [-0.05, 0) is 59.0 Å². The predicted octanol–water partition coefficient (Wildman–Crippen LogP) is 2.57. The molecule has 0 saturated carbocycles. The minimum Gasteiger partial charge on any atom is -0.489 e. The Bertz CT molecular complexity index is 584. The Morgan fingerprint density at radius 1 is 1.18 bits per heavy atom. The van der Waals surface area contributed by atoms with Gasteiger partial charge in [-0.15, -0.1) is 24.0 Å². The van der Waals surface area contributed by atoms with Crippen LogP contribution in [-0.2, 0) is 0 Å². The fourth-order valence-electron chi connectivity index (χ4n) is 3.16. The van der Waals surface area contributed by atoms with Crippen LogP contribution in [0.5, 0.6) is 5.75 Å². The molecule has 0 aliphatic carbocycles. The lowest BCUT2D eigenvalue weighted by molar-refractivity contribution is 0.228. The first-order valence-corrected chi connectivity index (χ1v) is 10.2. The Morgan fingerprint density at radius 3 is 2.71 bits per heavy atom. The summed E-state index contributed by atoms with van der Waals surface area (Å²) in [4.78, 5) is 9.64. The molecular weight excluding hydrogens is 465 g/mol. The molecule has 1 aromatic rings. The molecule has 1 aromatic carbocycles. The number of aliphatic imine (C=N–C) groups is 1. The number of para-hydroxylation sites is 1. The molecule has 160 valence electrons. The van der Waals surface area contributed by atoms with E-state index in [1.54, 1.807) is 0 Å². The second-order valence-electron chi connectivity index (χ2n) is 7.34. The van der Waals surface area contributed by atoms with Crippen molar-refractivity contribution in [2.75, 3.05) is 59.4 Å². The van der Waals surface area contributed by atoms with E-state index in [0.717, 1.165) is 50.0 Å². The molecule has 1 heterocycles. The molecule has 1 saturated heterocycles. The van der Waals surface area contributed by atoms with Gasteiger partial charge in [0.25, 0.3) is 0 Å². The smallest absolute Gasteiger partial charge is 0.191 e. The number of nitrogens with one attached hydrogen (secondary N) is 2. The quantitative estimate of drug-likeness (QED) is 0.325. The van der Waals surface area contributed by atoms with E-state index < -0.39 is 0 Å². The van der Waals surface area contributed by atoms with Crippen LogP contribution >= 0.6 is 24.0 Å². The summed E-state index contributed by atoms with van der Waals surface area (Å²) in [6.07, 6.45) is 1.28. The van der Waals surface area contributed by atoms with Crippen molar-refractivity contribution in [2.45, 2.75) is 33.3 Å². The van der Waals surface area contributed by atoms with Crippen molar-refractivity contribution in [1.29, 1.82) is 0 Å². The zero-order valence-corrected chi connectivity index (χ0v) is 20.2. The number of ether oxygens (including phenoxy) is 1. The second kappa shape index (κ2) is 14.0. The SMILES string of the molecule is CCNC(=NCC(C)Oc1ccccc1C)NCCN1CCCN(C)CC1.I. The van der Waals surface area contributed by atoms with E-state index >= 15 is 0 Å². The van der Waals surface area contributed by atoms with Gasteiger partial charge in [0.05, 0.1) is 6.54 Å². The molecule has 2 rings (SSSR count). The summed E-state index contributed by atoms with van der Waals surface area (Å²) in [5.41, 5.74) is 1.15. The lowest BCUT2D eigenvalue weighted by Crippen LogP contribution is -2.42. The maximum Gasteiger partial charge on any atom is 0.191 e. The van der Waals surface area contributed by atoms with Gasteiger partial charge < -0.3 is 25.2 Å². The Balaban J connectivity index is 0.00000392. The Labute approximate surface area is 188 Å². The van der Waals surface area contributed by atoms with Gasteiger partial charge >= 0.3 is 0 Å². The Morgan fingerprint density at radius 2 is 1.96 bits per heavy atom. The number of halogens is 1. The van der Waals surface area contributed by atoms with Crippen LogP contribution in [0.4, 0.5) is 0 Å². The third-order valence-corrected chi connectivity index (χ3v) is 4.81. The molecule has 28 heavy (non-hydrogen) atoms. The number of nitrogens with zero attached hydrogens (tertiary/aromatic N) is 3. The van der Waals surface area contributed by atoms with Gasteiger partial charge in [-0.2, -0.15) is 0 Å². The number of rotatable bonds is 8. The van der Waals surface area contributed by atoms with Crippen LogP contribution in [0.25, 0.3) is 0 Å². The number of hydrogen-bond donors (Lipinski definition) is 2. The van der Waals surface area contributed by atoms with E-state index in [4.69, 9.17) is 9.73 Å². The summed E-state index contributed by atoms with van der Waals surface area (Å²) in [5.74, 6) is 1.80. The van der Waals surface area contributed by atoms with E-state index in [0.29, 0.717) is 6.54 Å². The van der Waals surface area contributed by atoms with Gasteiger partial charge in [-0.25, -0.2) is 4.99 Å². The molecule has 0 radical (unpaired) electrons. The van der Waals surface area contributed by atoms with Crippen molar-refractivity contribution < 1.29 is 4.74 Å². The summed E-state index contributed by atoms with van der Waals surface area (Å²) in [6.45, 7) is 14.3. The highest BCUT2D eigenvalue weighted by atomic mass is 127. The van der Waals surface area contributed by atoms with Crippen molar-refractivity contribution >= 4 is 29.9 Å². The molecule has 2 N–H and O–H groups in total. The zero-order chi connectivity index (χ0) is 19.5. The van der Waals surface area contributed by atoms with Crippen LogP contribution in [0, 0.1) is 6.92 Å². The van der Waals surface area contributed by atoms with Crippen molar-refractivity contribution in [3.05, 3.63) is 29.8 Å². The zero-order valence-electron chi connectivity index (χ0n) is 17.9. The summed E-state index contributed by atoms with van der Waals surface area (Å²) >= 11 is 0. The average molecular weight is 503 g/mol. The van der Waals surface area contributed by atoms with Crippen LogP contribution in [0.3, 0.4) is 0 Å². The van der Waals surface area contributed by atoms with E-state index in [-0.39, 0.29) is 30.1 Å². The summed E-state index contributed by atoms with van der Waals surface area (Å²) in [6, 6.07) is 8.11. The van der Waals surface area contributed by atoms with Gasteiger partial charge in [0.2, 0.25) is 0 Å². The predicted molar refractivity (Wildman–Crippen MR) is 129 cm³/mol. The number of likely N-dealkylation sites (N-methyl/N-ethyl adjacent to an activating group) is 1. The summed E-state index contributed by atoms with van der Waals surface area (Å²) in [5, 5.41) is 6.79. The molecule has 1 unspecified atom stereocenters. The highest BCUT2D eigenvalue weighted by Crippen LogP contribution is 2.17. The van der Waals surface area contributed by atoms with Crippen LogP contribution in [0.1, 0.15) is 25.8 Å². The minimum atomic E-state index is 0. The van der Waals surface area contributed by atoms with Gasteiger partial charge in [-0.1, -0.05) is 18.2 Å². The Kier molecular flexibility index (Phi) is 12.5. The normalized spacial score (nSPS) is 17.4. The van der Waals surface area contributed by atoms with Crippen LogP contribution in [-0.4, -0.2) is 81.3 Å². The van der Waals surface area contributed by atoms with Crippen LogP contribution in [0.2, 0.25) is 0 Å². The van der Waals surface area contributed by atoms with Crippen LogP contribution in [0.15, 0.2) is 29.3 Å². The van der Waals surface area contributed by atoms with Crippen molar-refractivity contribution in [3.63, 3.8) is 0 Å². The first-order valence-electron chi connectivity index (χ1n) is 10.2. The van der Waals surface area contributed by atoms with Crippen LogP contribution < -0.4 is 15.4 Å². The first-order chi connectivity index (χ1) is 13.1. The lowest BCUT2D eigenvalue weighted by atomic mass is 10.2. The molecule has 0 amide bonds. The molecule has 1 aliphatic rings. The molecule has 7 heteroatoms. The largest absolute Gasteiger partial charge is 0.489 e. The number of aryl methyl sites for hydroxylation is 1. The summed E-state index contributed by atoms with van der Waals surface area (Å²) < 4.78 is 6.02. The third-order valence-electron chi connectivity index (χ3n) is 4.81. The topological polar surface area (TPSA) is 52.1 Å². The Hall–Kier alpha value is -1.06. The van der Waals surface area contributed by atoms with Gasteiger partial charge in [0.15, 0.2) is 5.96 Å². The third kappa shape index (κ3) is 9.43. The monoisotopic (exact) mass is 503 g/mol. The number of guanidine groups is 1. The summed E-state index contributed by atoms with van der Waals surface area (Å²) in [7, 11) is 2.21. The van der Waals surface area contributed by atoms with Gasteiger partial charge in [-0.3, -0.25) is 0 Å². The molecule has 0 spiro atoms. The molecule has 6 nitrogen and oxygen atoms in total. The van der Waals surface area contributed by atoms with Crippen molar-refractivity contribution in [3.8, 4) is 5.75 Å². The lowest BCUT2D eigenvalue weighted by Gasteiger charge is -2.21. The van der Waals surface area contributed by atoms with E-state index in [2.05, 4.69) is 54.3 Å². The molecule has 0 aromatic heterocycles. The number of hydrogen-bond acceptors (Lipinski definition) is 4. The highest BCUT2D eigenvalue weighted by Gasteiger charge is 2.12. The molecule has 1 aliphatic heterocycles. The molecular formula is C21H38IN5O. The van der Waals surface area contributed by atoms with E-state index in [1.807, 2.05) is 18.2 Å². The fourth-order valence-corrected chi connectivity index (χ4v) is 3.16. The maximum absolute atomic E-state index is 6.02. The van der Waals surface area contributed by atoms with Gasteiger partial charge in [0, 0.05) is 32.7 Å². The number of benzene rings is 1. The van der Waals surface area contributed by atoms with Crippen molar-refractivity contribution in [1.82, 2.24) is 20.4 Å². The standard InChI is InChI=1S/C21H37N5O.HI/c1-5-22-21(23-11-14-26-13-8-12-25(4)15-16-26)24-17-19(3)27-20-10-7-6-9-18(20)2;/h6-7,9-10,19H,5,8,11-17H2,1-4H3,(H2,22,23,24);1H. The molecule has 1 atom stereocenters.